The molecule has 3 heterocycles. The molecule has 2 aromatic rings. The maximum absolute atomic E-state index is 14.0. The van der Waals surface area contributed by atoms with E-state index in [2.05, 4.69) is 38.3 Å². The summed E-state index contributed by atoms with van der Waals surface area (Å²) in [6.07, 6.45) is 1.47. The number of aryl methyl sites for hydroxylation is 1. The number of nitrogens with zero attached hydrogens (tertiary/aromatic N) is 5. The van der Waals surface area contributed by atoms with Crippen LogP contribution < -0.4 is 15.0 Å². The molecule has 2 aliphatic rings. The molecular formula is C21H29FN6O2S. The lowest BCUT2D eigenvalue weighted by atomic mass is 10.1. The molecule has 2 aliphatic heterocycles. The Morgan fingerprint density at radius 2 is 2.10 bits per heavy atom. The minimum atomic E-state index is -0.266. The predicted molar refractivity (Wildman–Crippen MR) is 119 cm³/mol. The van der Waals surface area contributed by atoms with Crippen LogP contribution in [0.3, 0.4) is 0 Å². The van der Waals surface area contributed by atoms with E-state index < -0.39 is 0 Å². The molecule has 31 heavy (non-hydrogen) atoms. The number of aromatic nitrogens is 2. The first-order chi connectivity index (χ1) is 15.2. The maximum Gasteiger partial charge on any atom is 0.205 e. The second kappa shape index (κ2) is 10.2. The Morgan fingerprint density at radius 1 is 1.26 bits per heavy atom. The van der Waals surface area contributed by atoms with Gasteiger partial charge in [0.1, 0.15) is 17.4 Å². The summed E-state index contributed by atoms with van der Waals surface area (Å²) in [5.41, 5.74) is 1.60. The first-order valence-corrected chi connectivity index (χ1v) is 11.6. The lowest BCUT2D eigenvalue weighted by Gasteiger charge is -2.36. The van der Waals surface area contributed by atoms with Crippen LogP contribution in [-0.4, -0.2) is 66.3 Å². The fraction of sp³-hybridized carbons (Fsp3) is 0.571. The first kappa shape index (κ1) is 21.8. The highest BCUT2D eigenvalue weighted by Gasteiger charge is 2.22. The highest BCUT2D eigenvalue weighted by atomic mass is 32.1. The van der Waals surface area contributed by atoms with E-state index in [0.29, 0.717) is 19.6 Å². The highest BCUT2D eigenvalue weighted by molar-refractivity contribution is 7.09. The molecule has 1 N–H and O–H groups in total. The third-order valence-corrected chi connectivity index (χ3v) is 6.17. The molecule has 0 bridgehead atoms. The molecule has 0 amide bonds. The van der Waals surface area contributed by atoms with E-state index in [0.717, 1.165) is 72.9 Å². The van der Waals surface area contributed by atoms with E-state index in [9.17, 15) is 4.39 Å². The van der Waals surface area contributed by atoms with E-state index in [4.69, 9.17) is 14.5 Å². The van der Waals surface area contributed by atoms with Gasteiger partial charge in [0, 0.05) is 62.8 Å². The van der Waals surface area contributed by atoms with Crippen molar-refractivity contribution in [2.45, 2.75) is 33.3 Å². The second-order valence-corrected chi connectivity index (χ2v) is 8.20. The van der Waals surface area contributed by atoms with Gasteiger partial charge in [-0.2, -0.15) is 4.37 Å². The summed E-state index contributed by atoms with van der Waals surface area (Å²) in [6, 6.07) is 3.02. The van der Waals surface area contributed by atoms with Gasteiger partial charge in [-0.1, -0.05) is 6.92 Å². The van der Waals surface area contributed by atoms with Crippen molar-refractivity contribution >= 4 is 22.6 Å². The van der Waals surface area contributed by atoms with Crippen LogP contribution in [0, 0.1) is 5.82 Å². The van der Waals surface area contributed by atoms with Gasteiger partial charge in [0.25, 0.3) is 0 Å². The number of anilines is 1. The van der Waals surface area contributed by atoms with Gasteiger partial charge in [-0.05, 0) is 31.0 Å². The molecule has 168 valence electrons. The average Bonchev–Trinajstić information content (AvgIpc) is 3.28. The van der Waals surface area contributed by atoms with Crippen molar-refractivity contribution in [1.82, 2.24) is 19.6 Å². The van der Waals surface area contributed by atoms with Crippen LogP contribution >= 0.6 is 11.5 Å². The molecule has 0 spiro atoms. The molecule has 1 aromatic heterocycles. The van der Waals surface area contributed by atoms with Gasteiger partial charge in [-0.3, -0.25) is 4.99 Å². The van der Waals surface area contributed by atoms with Gasteiger partial charge in [0.15, 0.2) is 12.8 Å². The molecule has 0 saturated carbocycles. The van der Waals surface area contributed by atoms with Gasteiger partial charge in [0.05, 0.1) is 6.61 Å². The third-order valence-electron chi connectivity index (χ3n) is 5.35. The smallest absolute Gasteiger partial charge is 0.205 e. The Balaban J connectivity index is 1.37. The number of benzene rings is 1. The van der Waals surface area contributed by atoms with E-state index in [1.165, 1.54) is 23.7 Å². The predicted octanol–water partition coefficient (Wildman–Crippen LogP) is 2.44. The molecule has 4 rings (SSSR count). The number of ether oxygens (including phenoxy) is 2. The fourth-order valence-electron chi connectivity index (χ4n) is 3.78. The molecule has 10 heteroatoms. The molecule has 0 atom stereocenters. The molecule has 8 nitrogen and oxygen atoms in total. The van der Waals surface area contributed by atoms with Crippen LogP contribution in [0.2, 0.25) is 0 Å². The van der Waals surface area contributed by atoms with Crippen LogP contribution in [0.5, 0.6) is 5.75 Å². The summed E-state index contributed by atoms with van der Waals surface area (Å²) in [4.78, 5) is 14.0. The molecule has 1 fully saturated rings. The summed E-state index contributed by atoms with van der Waals surface area (Å²) in [5.74, 6) is 2.28. The number of halogens is 1. The topological polar surface area (TPSA) is 75.1 Å². The minimum Gasteiger partial charge on any atom is -0.467 e. The van der Waals surface area contributed by atoms with Gasteiger partial charge >= 0.3 is 0 Å². The number of aliphatic imine (C=N–C) groups is 1. The average molecular weight is 449 g/mol. The molecule has 0 unspecified atom stereocenters. The van der Waals surface area contributed by atoms with Crippen molar-refractivity contribution in [3.63, 3.8) is 0 Å². The Labute approximate surface area is 186 Å². The van der Waals surface area contributed by atoms with Crippen LogP contribution in [0.25, 0.3) is 0 Å². The van der Waals surface area contributed by atoms with Gasteiger partial charge in [-0.25, -0.2) is 9.37 Å². The largest absolute Gasteiger partial charge is 0.467 e. The van der Waals surface area contributed by atoms with E-state index >= 15 is 0 Å². The maximum atomic E-state index is 14.0. The quantitative estimate of drug-likeness (QED) is 0.537. The lowest BCUT2D eigenvalue weighted by molar-refractivity contribution is -0.0172. The fourth-order valence-corrected chi connectivity index (χ4v) is 4.58. The van der Waals surface area contributed by atoms with Crippen molar-refractivity contribution in [2.24, 2.45) is 4.99 Å². The molecule has 1 aromatic carbocycles. The van der Waals surface area contributed by atoms with E-state index in [1.54, 1.807) is 0 Å². The van der Waals surface area contributed by atoms with E-state index in [1.807, 2.05) is 0 Å². The standard InChI is InChI=1S/C21H29FN6O2S/c1-3-18-25-21(31-26-18)28-9-7-27(8-10-28)20(23-4-2)24-6-5-15-11-17(22)12-16-13-29-14-30-19(15)16/h11-12H,3-10,13-14H2,1-2H3,(H,23,24). The Kier molecular flexibility index (Phi) is 7.18. The van der Waals surface area contributed by atoms with Gasteiger partial charge in [-0.15, -0.1) is 0 Å². The monoisotopic (exact) mass is 448 g/mol. The number of fused-ring (bicyclic) bond motifs is 1. The van der Waals surface area contributed by atoms with Crippen LogP contribution in [0.15, 0.2) is 17.1 Å². The zero-order valence-corrected chi connectivity index (χ0v) is 18.9. The Hall–Kier alpha value is -2.46. The summed E-state index contributed by atoms with van der Waals surface area (Å²) >= 11 is 1.47. The van der Waals surface area contributed by atoms with Crippen molar-refractivity contribution in [3.05, 3.63) is 34.9 Å². The summed E-state index contributed by atoms with van der Waals surface area (Å²) in [6.45, 7) is 9.57. The summed E-state index contributed by atoms with van der Waals surface area (Å²) < 4.78 is 29.2. The SMILES string of the molecule is CCNC(=NCCc1cc(F)cc2c1OCOC2)N1CCN(c2nc(CC)ns2)CC1. The lowest BCUT2D eigenvalue weighted by Crippen LogP contribution is -2.52. The van der Waals surface area contributed by atoms with Crippen molar-refractivity contribution in [1.29, 1.82) is 0 Å². The first-order valence-electron chi connectivity index (χ1n) is 10.8. The summed E-state index contributed by atoms with van der Waals surface area (Å²) in [5, 5.41) is 4.39. The number of nitrogens with one attached hydrogen (secondary N) is 1. The molecule has 0 aliphatic carbocycles. The van der Waals surface area contributed by atoms with Crippen LogP contribution in [0.1, 0.15) is 30.8 Å². The number of hydrogen-bond donors (Lipinski definition) is 1. The zero-order valence-electron chi connectivity index (χ0n) is 18.1. The number of guanidine groups is 1. The number of rotatable bonds is 6. The Bertz CT molecular complexity index is 913. The van der Waals surface area contributed by atoms with Crippen LogP contribution in [-0.2, 0) is 24.2 Å². The van der Waals surface area contributed by atoms with Gasteiger partial charge in [0.2, 0.25) is 5.13 Å². The van der Waals surface area contributed by atoms with Crippen molar-refractivity contribution in [3.8, 4) is 5.75 Å². The molecule has 0 radical (unpaired) electrons. The van der Waals surface area contributed by atoms with Crippen molar-refractivity contribution < 1.29 is 13.9 Å². The highest BCUT2D eigenvalue weighted by Crippen LogP contribution is 2.29. The van der Waals surface area contributed by atoms with Crippen molar-refractivity contribution in [2.75, 3.05) is 51.0 Å². The normalized spacial score (nSPS) is 16.8. The zero-order chi connectivity index (χ0) is 21.6. The minimum absolute atomic E-state index is 0.205. The second-order valence-electron chi connectivity index (χ2n) is 7.47. The van der Waals surface area contributed by atoms with Crippen LogP contribution in [0.4, 0.5) is 9.52 Å². The molecule has 1 saturated heterocycles. The number of hydrogen-bond acceptors (Lipinski definition) is 7. The summed E-state index contributed by atoms with van der Waals surface area (Å²) in [7, 11) is 0. The molecular weight excluding hydrogens is 419 g/mol. The van der Waals surface area contributed by atoms with Gasteiger partial charge < -0.3 is 24.6 Å². The Morgan fingerprint density at radius 3 is 2.84 bits per heavy atom. The third kappa shape index (κ3) is 5.24. The number of piperazine rings is 1. The van der Waals surface area contributed by atoms with E-state index in [-0.39, 0.29) is 12.6 Å².